The minimum absolute atomic E-state index is 0.000763. The zero-order chi connectivity index (χ0) is 25.9. The first-order valence-electron chi connectivity index (χ1n) is 12.7. The first-order chi connectivity index (χ1) is 16.4. The number of ketones is 1. The Morgan fingerprint density at radius 2 is 1.91 bits per heavy atom. The molecule has 6 nitrogen and oxygen atoms in total. The number of esters is 1. The fourth-order valence-corrected chi connectivity index (χ4v) is 6.43. The number of rotatable bonds is 3. The molecule has 35 heavy (non-hydrogen) atoms. The second kappa shape index (κ2) is 11.9. The Bertz CT molecular complexity index is 926. The number of cyclic esters (lactones) is 1. The third-order valence-corrected chi connectivity index (χ3v) is 9.87. The highest BCUT2D eigenvalue weighted by Gasteiger charge is 2.43. The number of aromatic nitrogens is 1. The van der Waals surface area contributed by atoms with Crippen molar-refractivity contribution in [3.63, 3.8) is 0 Å². The van der Waals surface area contributed by atoms with Crippen molar-refractivity contribution < 1.29 is 24.5 Å². The summed E-state index contributed by atoms with van der Waals surface area (Å²) in [6.07, 6.45) is 6.21. The average Bonchev–Trinajstić information content (AvgIpc) is 3.38. The Kier molecular flexibility index (Phi) is 9.63. The maximum absolute atomic E-state index is 13.2. The summed E-state index contributed by atoms with van der Waals surface area (Å²) >= 11 is 3.20. The molecule has 1 saturated carbocycles. The first kappa shape index (κ1) is 28.4. The Balaban J connectivity index is 1.81. The molecule has 2 aliphatic rings. The minimum Gasteiger partial charge on any atom is -0.458 e. The van der Waals surface area contributed by atoms with Crippen molar-refractivity contribution in [3.8, 4) is 0 Å². The summed E-state index contributed by atoms with van der Waals surface area (Å²) in [5.74, 6) is -0.249. The monoisotopic (exact) mass is 523 g/mol. The molecule has 1 saturated heterocycles. The van der Waals surface area contributed by atoms with Crippen LogP contribution in [0.3, 0.4) is 0 Å². The number of hydrogen-bond acceptors (Lipinski definition) is 8. The van der Waals surface area contributed by atoms with Gasteiger partial charge in [-0.15, -0.1) is 11.3 Å². The van der Waals surface area contributed by atoms with Gasteiger partial charge in [-0.2, -0.15) is 0 Å². The van der Waals surface area contributed by atoms with Crippen LogP contribution in [0.2, 0.25) is 0 Å². The van der Waals surface area contributed by atoms with E-state index in [0.717, 1.165) is 47.7 Å². The number of Topliss-reactive ketones (excluding diaryl/α,β-unsaturated/α-hetero) is 1. The molecule has 0 aromatic carbocycles. The van der Waals surface area contributed by atoms with Gasteiger partial charge in [0.25, 0.3) is 0 Å². The van der Waals surface area contributed by atoms with Crippen molar-refractivity contribution in [2.45, 2.75) is 95.8 Å². The lowest BCUT2D eigenvalue weighted by Gasteiger charge is -2.34. The van der Waals surface area contributed by atoms with Gasteiger partial charge in [0.1, 0.15) is 16.2 Å². The van der Waals surface area contributed by atoms with E-state index in [1.165, 1.54) is 0 Å². The maximum Gasteiger partial charge on any atom is 0.309 e. The van der Waals surface area contributed by atoms with Gasteiger partial charge in [0, 0.05) is 11.3 Å². The van der Waals surface area contributed by atoms with E-state index in [-0.39, 0.29) is 24.2 Å². The van der Waals surface area contributed by atoms with Crippen LogP contribution >= 0.6 is 23.1 Å². The van der Waals surface area contributed by atoms with Crippen LogP contribution in [0.15, 0.2) is 15.3 Å². The molecule has 1 aromatic heterocycles. The first-order valence-corrected chi connectivity index (χ1v) is 14.8. The molecule has 0 spiro atoms. The number of aliphatic hydroxyl groups excluding tert-OH is 2. The summed E-state index contributed by atoms with van der Waals surface area (Å²) in [6.45, 7) is 8.98. The van der Waals surface area contributed by atoms with E-state index >= 15 is 0 Å². The van der Waals surface area contributed by atoms with Gasteiger partial charge in [0.15, 0.2) is 0 Å². The van der Waals surface area contributed by atoms with Gasteiger partial charge in [0.05, 0.1) is 29.7 Å². The summed E-state index contributed by atoms with van der Waals surface area (Å²) in [4.78, 5) is 30.7. The second-order valence-corrected chi connectivity index (χ2v) is 13.0. The van der Waals surface area contributed by atoms with Gasteiger partial charge in [-0.1, -0.05) is 52.3 Å². The van der Waals surface area contributed by atoms with Crippen LogP contribution < -0.4 is 0 Å². The van der Waals surface area contributed by atoms with Crippen molar-refractivity contribution >= 4 is 40.9 Å². The molecule has 2 heterocycles. The van der Waals surface area contributed by atoms with E-state index in [0.29, 0.717) is 11.8 Å². The fraction of sp³-hybridized carbons (Fsp3) is 0.741. The minimum atomic E-state index is -1.19. The number of thiazole rings is 1. The van der Waals surface area contributed by atoms with Crippen molar-refractivity contribution in [1.29, 1.82) is 0 Å². The van der Waals surface area contributed by atoms with Crippen molar-refractivity contribution in [2.75, 3.05) is 6.26 Å². The number of fused-ring (bicyclic) bond motifs is 1. The van der Waals surface area contributed by atoms with Crippen LogP contribution in [-0.2, 0) is 14.3 Å². The summed E-state index contributed by atoms with van der Waals surface area (Å²) in [7, 11) is 0. The molecule has 1 aliphatic carbocycles. The molecule has 0 amide bonds. The Morgan fingerprint density at radius 1 is 1.20 bits per heavy atom. The maximum atomic E-state index is 13.2. The van der Waals surface area contributed by atoms with Gasteiger partial charge >= 0.3 is 5.97 Å². The molecule has 196 valence electrons. The lowest BCUT2D eigenvalue weighted by atomic mass is 9.73. The van der Waals surface area contributed by atoms with Gasteiger partial charge in [-0.05, 0) is 61.8 Å². The highest BCUT2D eigenvalue weighted by atomic mass is 32.2. The molecule has 0 bridgehead atoms. The lowest BCUT2D eigenvalue weighted by Crippen LogP contribution is -2.45. The molecule has 2 N–H and O–H groups in total. The van der Waals surface area contributed by atoms with Crippen molar-refractivity contribution in [2.24, 2.45) is 29.1 Å². The molecule has 1 aromatic rings. The van der Waals surface area contributed by atoms with E-state index in [1.807, 2.05) is 31.6 Å². The number of aliphatic hydroxyl groups is 2. The highest BCUT2D eigenvalue weighted by molar-refractivity contribution is 8.00. The van der Waals surface area contributed by atoms with Crippen LogP contribution in [-0.4, -0.2) is 51.5 Å². The van der Waals surface area contributed by atoms with Crippen LogP contribution in [0, 0.1) is 29.1 Å². The Hall–Kier alpha value is -1.22. The summed E-state index contributed by atoms with van der Waals surface area (Å²) in [5, 5.41) is 23.7. The third kappa shape index (κ3) is 7.18. The van der Waals surface area contributed by atoms with Gasteiger partial charge in [-0.25, -0.2) is 4.98 Å². The normalized spacial score (nSPS) is 35.3. The SMILES string of the molecule is CSc1nc(C=C(C)[C@@H]2C[C@@H]3C[C@H]3CCC[C@H](C)[C@H](O)[C@@H](C)C(=O)C(C)(C)[C@@H](O)CC(=O)O2)cs1. The number of hydrogen-bond donors (Lipinski definition) is 2. The molecule has 3 rings (SSSR count). The quantitative estimate of drug-likeness (QED) is 0.406. The summed E-state index contributed by atoms with van der Waals surface area (Å²) < 4.78 is 6.91. The zero-order valence-electron chi connectivity index (χ0n) is 21.8. The van der Waals surface area contributed by atoms with Crippen molar-refractivity contribution in [1.82, 2.24) is 4.98 Å². The molecule has 0 radical (unpaired) electrons. The van der Waals surface area contributed by atoms with E-state index in [1.54, 1.807) is 43.9 Å². The zero-order valence-corrected chi connectivity index (χ0v) is 23.5. The second-order valence-electron chi connectivity index (χ2n) is 11.1. The van der Waals surface area contributed by atoms with Gasteiger partial charge in [0.2, 0.25) is 0 Å². The number of carbonyl (C=O) groups excluding carboxylic acids is 2. The Morgan fingerprint density at radius 3 is 2.57 bits per heavy atom. The summed E-state index contributed by atoms with van der Waals surface area (Å²) in [6, 6.07) is 0. The molecule has 8 heteroatoms. The van der Waals surface area contributed by atoms with E-state index < -0.39 is 29.5 Å². The average molecular weight is 524 g/mol. The van der Waals surface area contributed by atoms with Crippen LogP contribution in [0.25, 0.3) is 6.08 Å². The summed E-state index contributed by atoms with van der Waals surface area (Å²) in [5.41, 5.74) is 0.631. The molecular weight excluding hydrogens is 482 g/mol. The number of nitrogens with zero attached hydrogens (tertiary/aromatic N) is 1. The highest BCUT2D eigenvalue weighted by Crippen LogP contribution is 2.47. The standard InChI is InChI=1S/C27H41NO5S2/c1-15-8-7-9-18-11-19(18)12-21(16(2)10-20-14-35-26(28-20)34-6)33-23(30)13-22(29)27(4,5)25(32)17(3)24(15)31/h10,14-15,17-19,21-22,24,29,31H,7-9,11-13H2,1-6H3/t15-,17+,18+,19-,21-,22-,24-/m0/s1. The van der Waals surface area contributed by atoms with Gasteiger partial charge in [-0.3, -0.25) is 9.59 Å². The van der Waals surface area contributed by atoms with Crippen LogP contribution in [0.4, 0.5) is 0 Å². The molecule has 0 unspecified atom stereocenters. The van der Waals surface area contributed by atoms with Crippen molar-refractivity contribution in [3.05, 3.63) is 16.6 Å². The van der Waals surface area contributed by atoms with Crippen LogP contribution in [0.5, 0.6) is 0 Å². The topological polar surface area (TPSA) is 96.7 Å². The molecule has 7 atom stereocenters. The predicted molar refractivity (Wildman–Crippen MR) is 141 cm³/mol. The largest absolute Gasteiger partial charge is 0.458 e. The number of ether oxygens (including phenoxy) is 1. The van der Waals surface area contributed by atoms with Gasteiger partial charge < -0.3 is 14.9 Å². The van der Waals surface area contributed by atoms with E-state index in [2.05, 4.69) is 4.98 Å². The molecule has 2 fully saturated rings. The van der Waals surface area contributed by atoms with Crippen LogP contribution in [0.1, 0.15) is 78.8 Å². The smallest absolute Gasteiger partial charge is 0.309 e. The predicted octanol–water partition coefficient (Wildman–Crippen LogP) is 5.37. The lowest BCUT2D eigenvalue weighted by molar-refractivity contribution is -0.154. The Labute approximate surface area is 217 Å². The fourth-order valence-electron chi connectivity index (χ4n) is 5.20. The van der Waals surface area contributed by atoms with E-state index in [9.17, 15) is 19.8 Å². The molecular formula is C27H41NO5S2. The third-order valence-electron chi connectivity index (χ3n) is 7.99. The molecule has 1 aliphatic heterocycles. The van der Waals surface area contributed by atoms with E-state index in [4.69, 9.17) is 4.74 Å². The number of carbonyl (C=O) groups is 2. The number of thioether (sulfide) groups is 1.